The molecule has 0 radical (unpaired) electrons. The summed E-state index contributed by atoms with van der Waals surface area (Å²) in [6.07, 6.45) is 3.39. The van der Waals surface area contributed by atoms with Crippen LogP contribution in [0, 0.1) is 0 Å². The summed E-state index contributed by atoms with van der Waals surface area (Å²) in [4.78, 5) is 20.6. The van der Waals surface area contributed by atoms with Crippen molar-refractivity contribution < 1.29 is 23.7 Å². The van der Waals surface area contributed by atoms with Crippen LogP contribution in [-0.4, -0.2) is 44.4 Å². The Morgan fingerprint density at radius 3 is 2.44 bits per heavy atom. The Morgan fingerprint density at radius 1 is 1.08 bits per heavy atom. The van der Waals surface area contributed by atoms with Crippen molar-refractivity contribution in [3.05, 3.63) is 36.2 Å². The molecule has 0 fully saturated rings. The van der Waals surface area contributed by atoms with Gasteiger partial charge in [-0.25, -0.2) is 0 Å². The molecule has 25 heavy (non-hydrogen) atoms. The zero-order chi connectivity index (χ0) is 17.8. The fraction of sp³-hybridized carbons (Fsp3) is 0.278. The van der Waals surface area contributed by atoms with Crippen molar-refractivity contribution in [3.63, 3.8) is 0 Å². The number of Topliss-reactive ketones (excluding diaryl/α,β-unsaturated/α-hetero) is 1. The number of ether oxygens (including phenoxy) is 4. The molecule has 0 saturated carbocycles. The van der Waals surface area contributed by atoms with Crippen LogP contribution in [0.15, 0.2) is 35.6 Å². The molecule has 7 nitrogen and oxygen atoms in total. The van der Waals surface area contributed by atoms with Gasteiger partial charge in [0.1, 0.15) is 12.4 Å². The number of hydrogen-bond donors (Lipinski definition) is 0. The van der Waals surface area contributed by atoms with E-state index in [0.717, 1.165) is 0 Å². The summed E-state index contributed by atoms with van der Waals surface area (Å²) in [5.41, 5.74) is 1.80. The lowest BCUT2D eigenvalue weighted by molar-refractivity contribution is 0.0998. The molecule has 2 aromatic rings. The van der Waals surface area contributed by atoms with Gasteiger partial charge in [0, 0.05) is 23.9 Å². The lowest BCUT2D eigenvalue weighted by Gasteiger charge is -2.17. The second-order valence-corrected chi connectivity index (χ2v) is 5.32. The van der Waals surface area contributed by atoms with Gasteiger partial charge in [-0.3, -0.25) is 14.8 Å². The highest BCUT2D eigenvalue weighted by molar-refractivity contribution is 6.16. The summed E-state index contributed by atoms with van der Waals surface area (Å²) in [6, 6.07) is 5.07. The largest absolute Gasteiger partial charge is 0.493 e. The normalized spacial score (nSPS) is 12.9. The molecule has 0 atom stereocenters. The molecule has 1 aromatic carbocycles. The highest BCUT2D eigenvalue weighted by atomic mass is 16.5. The maximum atomic E-state index is 12.2. The number of fused-ring (bicyclic) bond motifs is 1. The first kappa shape index (κ1) is 16.8. The number of pyridine rings is 1. The fourth-order valence-electron chi connectivity index (χ4n) is 2.59. The Morgan fingerprint density at radius 2 is 1.80 bits per heavy atom. The van der Waals surface area contributed by atoms with E-state index in [1.54, 1.807) is 30.6 Å². The van der Waals surface area contributed by atoms with Crippen molar-refractivity contribution in [3.8, 4) is 23.0 Å². The first-order chi connectivity index (χ1) is 12.2. The summed E-state index contributed by atoms with van der Waals surface area (Å²) in [5, 5.41) is 0. The van der Waals surface area contributed by atoms with Gasteiger partial charge in [-0.1, -0.05) is 0 Å². The van der Waals surface area contributed by atoms with E-state index in [2.05, 4.69) is 9.98 Å². The monoisotopic (exact) mass is 342 g/mol. The number of carbonyl (C=O) groups excluding carboxylic acids is 1. The molecule has 0 saturated heterocycles. The van der Waals surface area contributed by atoms with Crippen LogP contribution < -0.4 is 18.9 Å². The predicted octanol–water partition coefficient (Wildman–Crippen LogP) is 2.85. The zero-order valence-electron chi connectivity index (χ0n) is 14.2. The third kappa shape index (κ3) is 3.40. The minimum atomic E-state index is 0.0101. The van der Waals surface area contributed by atoms with E-state index in [-0.39, 0.29) is 18.8 Å². The smallest absolute Gasteiger partial charge is 0.203 e. The van der Waals surface area contributed by atoms with Crippen LogP contribution in [0.1, 0.15) is 16.8 Å². The van der Waals surface area contributed by atoms with Gasteiger partial charge in [0.2, 0.25) is 5.75 Å². The summed E-state index contributed by atoms with van der Waals surface area (Å²) in [6.45, 7) is 0.179. The minimum absolute atomic E-state index is 0.0101. The molecule has 1 aliphatic heterocycles. The number of nitrogens with zero attached hydrogens (tertiary/aromatic N) is 2. The number of benzene rings is 1. The molecule has 7 heteroatoms. The molecule has 2 heterocycles. The van der Waals surface area contributed by atoms with Crippen molar-refractivity contribution in [1.29, 1.82) is 0 Å². The van der Waals surface area contributed by atoms with Gasteiger partial charge in [0.05, 0.1) is 45.3 Å². The minimum Gasteiger partial charge on any atom is -0.493 e. The fourth-order valence-corrected chi connectivity index (χ4v) is 2.59. The van der Waals surface area contributed by atoms with Gasteiger partial charge >= 0.3 is 0 Å². The van der Waals surface area contributed by atoms with E-state index in [9.17, 15) is 4.79 Å². The van der Waals surface area contributed by atoms with E-state index < -0.39 is 0 Å². The topological polar surface area (TPSA) is 79.2 Å². The predicted molar refractivity (Wildman–Crippen MR) is 91.9 cm³/mol. The number of aliphatic imine (C=N–C) groups is 1. The first-order valence-electron chi connectivity index (χ1n) is 7.62. The number of aromatic nitrogens is 1. The molecule has 130 valence electrons. The van der Waals surface area contributed by atoms with Gasteiger partial charge in [-0.05, 0) is 6.07 Å². The average Bonchev–Trinajstić information content (AvgIpc) is 2.65. The van der Waals surface area contributed by atoms with Crippen molar-refractivity contribution in [2.24, 2.45) is 4.99 Å². The number of rotatable bonds is 6. The van der Waals surface area contributed by atoms with E-state index in [4.69, 9.17) is 18.9 Å². The van der Waals surface area contributed by atoms with Gasteiger partial charge in [0.15, 0.2) is 17.3 Å². The van der Waals surface area contributed by atoms with Crippen LogP contribution >= 0.6 is 0 Å². The number of methoxy groups -OCH3 is 3. The Hall–Kier alpha value is -3.09. The van der Waals surface area contributed by atoms with Crippen LogP contribution in [0.3, 0.4) is 0 Å². The Balaban J connectivity index is 1.80. The maximum absolute atomic E-state index is 12.2. The van der Waals surface area contributed by atoms with Crippen LogP contribution in [0.25, 0.3) is 0 Å². The summed E-state index contributed by atoms with van der Waals surface area (Å²) >= 11 is 0. The molecular formula is C18H18N2O5. The van der Waals surface area contributed by atoms with Crippen LogP contribution in [0.5, 0.6) is 23.0 Å². The highest BCUT2D eigenvalue weighted by Crippen LogP contribution is 2.40. The second-order valence-electron chi connectivity index (χ2n) is 5.32. The van der Waals surface area contributed by atoms with E-state index >= 15 is 0 Å². The summed E-state index contributed by atoms with van der Waals surface area (Å²) < 4.78 is 21.6. The molecule has 0 bridgehead atoms. The average molecular weight is 342 g/mol. The SMILES string of the molecule is COc1cc(OCC2=Nc3cnccc3C(=O)C2)cc(OC)c1OC. The van der Waals surface area contributed by atoms with E-state index in [1.807, 2.05) is 0 Å². The number of carbonyl (C=O) groups is 1. The zero-order valence-corrected chi connectivity index (χ0v) is 14.2. The third-order valence-corrected chi connectivity index (χ3v) is 3.79. The van der Waals surface area contributed by atoms with Crippen molar-refractivity contribution >= 4 is 17.2 Å². The van der Waals surface area contributed by atoms with Gasteiger partial charge < -0.3 is 18.9 Å². The number of hydrogen-bond acceptors (Lipinski definition) is 7. The van der Waals surface area contributed by atoms with E-state index in [0.29, 0.717) is 40.0 Å². The Labute approximate surface area is 145 Å². The molecular weight excluding hydrogens is 324 g/mol. The molecule has 3 rings (SSSR count). The lowest BCUT2D eigenvalue weighted by Crippen LogP contribution is -2.19. The second kappa shape index (κ2) is 7.21. The van der Waals surface area contributed by atoms with E-state index in [1.165, 1.54) is 21.3 Å². The molecule has 0 amide bonds. The lowest BCUT2D eigenvalue weighted by atomic mass is 10.0. The van der Waals surface area contributed by atoms with Crippen molar-refractivity contribution in [2.75, 3.05) is 27.9 Å². The molecule has 1 aromatic heterocycles. The van der Waals surface area contributed by atoms with Gasteiger partial charge in [-0.15, -0.1) is 0 Å². The highest BCUT2D eigenvalue weighted by Gasteiger charge is 2.21. The standard InChI is InChI=1S/C18H18N2O5/c1-22-16-7-12(8-17(23-2)18(16)24-3)25-10-11-6-15(21)13-4-5-19-9-14(13)20-11/h4-5,7-9H,6,10H2,1-3H3. The van der Waals surface area contributed by atoms with Crippen molar-refractivity contribution in [1.82, 2.24) is 4.98 Å². The first-order valence-corrected chi connectivity index (χ1v) is 7.62. The van der Waals surface area contributed by atoms with Crippen LogP contribution in [0.4, 0.5) is 5.69 Å². The van der Waals surface area contributed by atoms with Crippen LogP contribution in [-0.2, 0) is 0 Å². The Bertz CT molecular complexity index is 807. The summed E-state index contributed by atoms with van der Waals surface area (Å²) in [5.74, 6) is 2.01. The third-order valence-electron chi connectivity index (χ3n) is 3.79. The molecule has 0 aliphatic carbocycles. The molecule has 0 N–H and O–H groups in total. The number of ketones is 1. The van der Waals surface area contributed by atoms with Crippen LogP contribution in [0.2, 0.25) is 0 Å². The molecule has 0 unspecified atom stereocenters. The molecule has 0 spiro atoms. The Kier molecular flexibility index (Phi) is 4.83. The van der Waals surface area contributed by atoms with Gasteiger partial charge in [-0.2, -0.15) is 0 Å². The maximum Gasteiger partial charge on any atom is 0.203 e. The van der Waals surface area contributed by atoms with Gasteiger partial charge in [0.25, 0.3) is 0 Å². The van der Waals surface area contributed by atoms with Crippen molar-refractivity contribution in [2.45, 2.75) is 6.42 Å². The summed E-state index contributed by atoms with van der Waals surface area (Å²) in [7, 11) is 4.61. The molecule has 1 aliphatic rings. The quantitative estimate of drug-likeness (QED) is 0.803.